The van der Waals surface area contributed by atoms with Gasteiger partial charge in [-0.1, -0.05) is 38.3 Å². The maximum atomic E-state index is 12.9. The Balaban J connectivity index is 1.29. The van der Waals surface area contributed by atoms with Crippen LogP contribution in [0.4, 0.5) is 0 Å². The lowest BCUT2D eigenvalue weighted by Crippen LogP contribution is -2.48. The van der Waals surface area contributed by atoms with Crippen LogP contribution < -0.4 is 5.32 Å². The second kappa shape index (κ2) is 9.74. The fourth-order valence-corrected chi connectivity index (χ4v) is 5.07. The van der Waals surface area contributed by atoms with Crippen molar-refractivity contribution in [1.82, 2.24) is 15.2 Å². The number of benzene rings is 1. The Bertz CT molecular complexity index is 887. The van der Waals surface area contributed by atoms with Crippen LogP contribution in [0, 0.1) is 24.7 Å². The van der Waals surface area contributed by atoms with Gasteiger partial charge in [0.1, 0.15) is 5.76 Å². The zero-order valence-electron chi connectivity index (χ0n) is 18.9. The van der Waals surface area contributed by atoms with E-state index in [4.69, 9.17) is 21.0 Å². The summed E-state index contributed by atoms with van der Waals surface area (Å²) >= 11 is 5.98. The van der Waals surface area contributed by atoms with Crippen LogP contribution in [0.3, 0.4) is 0 Å². The lowest BCUT2D eigenvalue weighted by molar-refractivity contribution is -0.128. The fourth-order valence-electron chi connectivity index (χ4n) is 4.94. The van der Waals surface area contributed by atoms with E-state index in [1.165, 1.54) is 12.8 Å². The summed E-state index contributed by atoms with van der Waals surface area (Å²) in [4.78, 5) is 20.0. The van der Waals surface area contributed by atoms with Gasteiger partial charge in [0, 0.05) is 29.1 Å². The van der Waals surface area contributed by atoms with Crippen molar-refractivity contribution >= 4 is 17.5 Å². The van der Waals surface area contributed by atoms with E-state index in [2.05, 4.69) is 24.1 Å². The average Bonchev–Trinajstić information content (AvgIpc) is 3.12. The van der Waals surface area contributed by atoms with Crippen LogP contribution in [-0.4, -0.2) is 34.9 Å². The number of hydrogen-bond acceptors (Lipinski definition) is 4. The number of aryl methyl sites for hydroxylation is 1. The molecule has 1 aliphatic carbocycles. The number of hydrogen-bond donors (Lipinski definition) is 1. The second-order valence-electron chi connectivity index (χ2n) is 9.46. The first-order valence-electron chi connectivity index (χ1n) is 11.7. The van der Waals surface area contributed by atoms with Crippen LogP contribution in [0.2, 0.25) is 5.02 Å². The van der Waals surface area contributed by atoms with E-state index in [-0.39, 0.29) is 11.8 Å². The number of oxazole rings is 1. The Kier molecular flexibility index (Phi) is 7.02. The molecule has 1 saturated carbocycles. The van der Waals surface area contributed by atoms with Gasteiger partial charge >= 0.3 is 0 Å². The summed E-state index contributed by atoms with van der Waals surface area (Å²) in [5, 5.41) is 4.07. The van der Waals surface area contributed by atoms with Gasteiger partial charge in [0.25, 0.3) is 0 Å². The van der Waals surface area contributed by atoms with Gasteiger partial charge in [0.2, 0.25) is 11.8 Å². The molecular formula is C25H34ClN3O2. The van der Waals surface area contributed by atoms with E-state index in [1.807, 2.05) is 31.2 Å². The van der Waals surface area contributed by atoms with Gasteiger partial charge in [-0.15, -0.1) is 0 Å². The number of carbonyl (C=O) groups is 1. The molecule has 2 aromatic rings. The lowest BCUT2D eigenvalue weighted by Gasteiger charge is -2.36. The standard InChI is InChI=1S/C25H34ClN3O2/c1-16-5-4-6-22(17(16)2)27-24(30)19-11-13-29(14-12-19)15-23-18(3)31-25(28-23)20-7-9-21(26)10-8-20/h7-10,16-17,19,22H,4-6,11-15H2,1-3H3,(H,27,30)/t16-,17-,22-/m1/s1. The summed E-state index contributed by atoms with van der Waals surface area (Å²) in [7, 11) is 0. The molecule has 2 aliphatic rings. The molecule has 1 N–H and O–H groups in total. The summed E-state index contributed by atoms with van der Waals surface area (Å²) < 4.78 is 5.90. The van der Waals surface area contributed by atoms with E-state index in [1.54, 1.807) is 0 Å². The van der Waals surface area contributed by atoms with Gasteiger partial charge in [-0.3, -0.25) is 9.69 Å². The van der Waals surface area contributed by atoms with E-state index in [9.17, 15) is 4.79 Å². The Hall–Kier alpha value is -1.85. The molecule has 6 heteroatoms. The SMILES string of the molecule is Cc1oc(-c2ccc(Cl)cc2)nc1CN1CCC(C(=O)N[C@@H]2CCC[C@@H](C)[C@H]2C)CC1. The highest BCUT2D eigenvalue weighted by Crippen LogP contribution is 2.30. The third kappa shape index (κ3) is 5.32. The zero-order valence-corrected chi connectivity index (χ0v) is 19.6. The molecule has 1 saturated heterocycles. The number of carbonyl (C=O) groups excluding carboxylic acids is 1. The maximum Gasteiger partial charge on any atom is 0.226 e. The van der Waals surface area contributed by atoms with Gasteiger partial charge in [-0.05, 0) is 75.4 Å². The van der Waals surface area contributed by atoms with Gasteiger partial charge in [-0.25, -0.2) is 4.98 Å². The van der Waals surface area contributed by atoms with Gasteiger partial charge in [-0.2, -0.15) is 0 Å². The van der Waals surface area contributed by atoms with Crippen LogP contribution >= 0.6 is 11.6 Å². The Morgan fingerprint density at radius 2 is 1.87 bits per heavy atom. The van der Waals surface area contributed by atoms with Gasteiger partial charge in [0.15, 0.2) is 0 Å². The molecule has 1 aromatic carbocycles. The van der Waals surface area contributed by atoms with Gasteiger partial charge in [0.05, 0.1) is 5.69 Å². The molecule has 4 rings (SSSR count). The quantitative estimate of drug-likeness (QED) is 0.666. The van der Waals surface area contributed by atoms with Crippen LogP contribution in [0.25, 0.3) is 11.5 Å². The molecule has 0 spiro atoms. The predicted octanol–water partition coefficient (Wildman–Crippen LogP) is 5.46. The molecule has 31 heavy (non-hydrogen) atoms. The topological polar surface area (TPSA) is 58.4 Å². The maximum absolute atomic E-state index is 12.9. The van der Waals surface area contributed by atoms with Crippen molar-refractivity contribution in [3.63, 3.8) is 0 Å². The zero-order chi connectivity index (χ0) is 22.0. The normalized spacial score (nSPS) is 25.5. The first-order valence-corrected chi connectivity index (χ1v) is 12.0. The van der Waals surface area contributed by atoms with Crippen molar-refractivity contribution in [3.05, 3.63) is 40.7 Å². The number of nitrogens with zero attached hydrogens (tertiary/aromatic N) is 2. The molecule has 5 nitrogen and oxygen atoms in total. The van der Waals surface area contributed by atoms with E-state index < -0.39 is 0 Å². The number of amides is 1. The minimum absolute atomic E-state index is 0.128. The molecule has 3 atom stereocenters. The minimum atomic E-state index is 0.128. The van der Waals surface area contributed by atoms with Crippen molar-refractivity contribution in [1.29, 1.82) is 0 Å². The van der Waals surface area contributed by atoms with Gasteiger partial charge < -0.3 is 9.73 Å². The molecule has 168 valence electrons. The molecular weight excluding hydrogens is 410 g/mol. The number of rotatable bonds is 5. The lowest BCUT2D eigenvalue weighted by atomic mass is 9.78. The molecule has 1 aromatic heterocycles. The van der Waals surface area contributed by atoms with E-state index in [0.29, 0.717) is 28.8 Å². The smallest absolute Gasteiger partial charge is 0.226 e. The van der Waals surface area contributed by atoms with Crippen LogP contribution in [0.1, 0.15) is 57.4 Å². The molecule has 2 fully saturated rings. The summed E-state index contributed by atoms with van der Waals surface area (Å²) in [6, 6.07) is 7.89. The molecule has 0 bridgehead atoms. The Labute approximate surface area is 190 Å². The van der Waals surface area contributed by atoms with Crippen LogP contribution in [0.15, 0.2) is 28.7 Å². The van der Waals surface area contributed by atoms with E-state index in [0.717, 1.165) is 55.9 Å². The molecule has 1 aliphatic heterocycles. The van der Waals surface area contributed by atoms with Crippen molar-refractivity contribution in [3.8, 4) is 11.5 Å². The summed E-state index contributed by atoms with van der Waals surface area (Å²) in [6.45, 7) is 9.15. The minimum Gasteiger partial charge on any atom is -0.441 e. The van der Waals surface area contributed by atoms with Crippen LogP contribution in [-0.2, 0) is 11.3 Å². The highest BCUT2D eigenvalue weighted by atomic mass is 35.5. The van der Waals surface area contributed by atoms with Crippen molar-refractivity contribution in [2.75, 3.05) is 13.1 Å². The summed E-state index contributed by atoms with van der Waals surface area (Å²) in [5.74, 6) is 3.14. The number of piperidine rings is 1. The number of halogens is 1. The first kappa shape index (κ1) is 22.3. The largest absolute Gasteiger partial charge is 0.441 e. The predicted molar refractivity (Wildman–Crippen MR) is 124 cm³/mol. The summed E-state index contributed by atoms with van der Waals surface area (Å²) in [5.41, 5.74) is 1.90. The third-order valence-corrected chi connectivity index (χ3v) is 7.60. The fraction of sp³-hybridized carbons (Fsp3) is 0.600. The first-order chi connectivity index (χ1) is 14.9. The Morgan fingerprint density at radius 3 is 2.58 bits per heavy atom. The molecule has 1 amide bonds. The molecule has 0 radical (unpaired) electrons. The highest BCUT2D eigenvalue weighted by molar-refractivity contribution is 6.30. The van der Waals surface area contributed by atoms with Crippen molar-refractivity contribution < 1.29 is 9.21 Å². The molecule has 2 heterocycles. The number of likely N-dealkylation sites (tertiary alicyclic amines) is 1. The van der Waals surface area contributed by atoms with Crippen LogP contribution in [0.5, 0.6) is 0 Å². The monoisotopic (exact) mass is 443 g/mol. The van der Waals surface area contributed by atoms with Crippen molar-refractivity contribution in [2.45, 2.75) is 65.5 Å². The highest BCUT2D eigenvalue weighted by Gasteiger charge is 2.31. The second-order valence-corrected chi connectivity index (χ2v) is 9.90. The Morgan fingerprint density at radius 1 is 1.16 bits per heavy atom. The molecule has 0 unspecified atom stereocenters. The average molecular weight is 444 g/mol. The van der Waals surface area contributed by atoms with E-state index >= 15 is 0 Å². The van der Waals surface area contributed by atoms with Crippen molar-refractivity contribution in [2.24, 2.45) is 17.8 Å². The number of nitrogens with one attached hydrogen (secondary N) is 1. The number of aromatic nitrogens is 1. The third-order valence-electron chi connectivity index (χ3n) is 7.35. The summed E-state index contributed by atoms with van der Waals surface area (Å²) in [6.07, 6.45) is 5.45.